The lowest BCUT2D eigenvalue weighted by atomic mass is 9.97. The van der Waals surface area contributed by atoms with Crippen molar-refractivity contribution in [1.29, 1.82) is 0 Å². The van der Waals surface area contributed by atoms with Crippen molar-refractivity contribution in [3.05, 3.63) is 73.4 Å². The Morgan fingerprint density at radius 3 is 2.59 bits per heavy atom. The molecule has 4 rings (SSSR count). The van der Waals surface area contributed by atoms with Gasteiger partial charge in [-0.05, 0) is 30.0 Å². The lowest BCUT2D eigenvalue weighted by Gasteiger charge is -2.20. The van der Waals surface area contributed by atoms with Crippen molar-refractivity contribution in [1.82, 2.24) is 14.1 Å². The van der Waals surface area contributed by atoms with E-state index in [0.29, 0.717) is 22.5 Å². The zero-order chi connectivity index (χ0) is 24.8. The molecule has 0 saturated carbocycles. The number of ether oxygens (including phenoxy) is 1. The van der Waals surface area contributed by atoms with Gasteiger partial charge in [0.15, 0.2) is 0 Å². The van der Waals surface area contributed by atoms with E-state index in [-0.39, 0.29) is 27.8 Å². The predicted octanol–water partition coefficient (Wildman–Crippen LogP) is 3.61. The maximum absolute atomic E-state index is 13.2. The number of aliphatic hydroxyl groups is 1. The van der Waals surface area contributed by atoms with Gasteiger partial charge in [0.25, 0.3) is 5.56 Å². The standard InChI is InChI=1S/C25H27N3O5S/c1-6-33-23(31)17-18-21(30)27(5)24(32)28(13-25(2,3)4)22(18)34-20(17)19(29)15-11-12-26-16-10-8-7-9-14(15)16/h7-12,19,29H,6,13H2,1-5H3. The summed E-state index contributed by atoms with van der Waals surface area (Å²) in [5, 5.41) is 12.3. The van der Waals surface area contributed by atoms with Gasteiger partial charge < -0.3 is 9.84 Å². The highest BCUT2D eigenvalue weighted by atomic mass is 32.1. The van der Waals surface area contributed by atoms with Gasteiger partial charge >= 0.3 is 11.7 Å². The van der Waals surface area contributed by atoms with Crippen molar-refractivity contribution in [3.63, 3.8) is 0 Å². The Balaban J connectivity index is 2.09. The largest absolute Gasteiger partial charge is 0.462 e. The molecule has 3 heterocycles. The number of rotatable bonds is 5. The van der Waals surface area contributed by atoms with Crippen molar-refractivity contribution < 1.29 is 14.6 Å². The third-order valence-electron chi connectivity index (χ3n) is 5.54. The maximum atomic E-state index is 13.2. The number of esters is 1. The van der Waals surface area contributed by atoms with Gasteiger partial charge in [-0.25, -0.2) is 9.59 Å². The SMILES string of the molecule is CCOC(=O)c1c(C(O)c2ccnc3ccccc23)sc2c1c(=O)n(C)c(=O)n2CC(C)(C)C. The fourth-order valence-electron chi connectivity index (χ4n) is 4.06. The minimum Gasteiger partial charge on any atom is -0.462 e. The first-order valence-electron chi connectivity index (χ1n) is 11.0. The number of pyridine rings is 1. The molecule has 0 bridgehead atoms. The molecule has 0 fully saturated rings. The predicted molar refractivity (Wildman–Crippen MR) is 133 cm³/mol. The highest BCUT2D eigenvalue weighted by molar-refractivity contribution is 7.19. The average molecular weight is 482 g/mol. The van der Waals surface area contributed by atoms with Crippen LogP contribution in [0.15, 0.2) is 46.1 Å². The molecule has 3 aromatic heterocycles. The van der Waals surface area contributed by atoms with E-state index in [1.54, 1.807) is 19.2 Å². The van der Waals surface area contributed by atoms with Crippen molar-refractivity contribution >= 4 is 38.4 Å². The van der Waals surface area contributed by atoms with Gasteiger partial charge in [-0.2, -0.15) is 0 Å². The second kappa shape index (κ2) is 8.81. The van der Waals surface area contributed by atoms with Crippen LogP contribution in [0.5, 0.6) is 0 Å². The zero-order valence-corrected chi connectivity index (χ0v) is 20.6. The van der Waals surface area contributed by atoms with Crippen LogP contribution in [0.3, 0.4) is 0 Å². The summed E-state index contributed by atoms with van der Waals surface area (Å²) in [6.45, 7) is 8.05. The van der Waals surface area contributed by atoms with E-state index in [0.717, 1.165) is 21.3 Å². The first kappa shape index (κ1) is 23.8. The van der Waals surface area contributed by atoms with Gasteiger partial charge in [0.1, 0.15) is 10.9 Å². The molecule has 0 radical (unpaired) electrons. The Morgan fingerprint density at radius 2 is 1.91 bits per heavy atom. The van der Waals surface area contributed by atoms with Gasteiger partial charge in [0.05, 0.1) is 28.0 Å². The molecule has 0 aliphatic carbocycles. The number of aromatic nitrogens is 3. The van der Waals surface area contributed by atoms with Crippen LogP contribution < -0.4 is 11.2 Å². The van der Waals surface area contributed by atoms with Crippen molar-refractivity contribution in [2.24, 2.45) is 12.5 Å². The molecule has 1 N–H and O–H groups in total. The van der Waals surface area contributed by atoms with Gasteiger partial charge in [-0.15, -0.1) is 11.3 Å². The van der Waals surface area contributed by atoms with Crippen LogP contribution in [-0.4, -0.2) is 31.8 Å². The second-order valence-corrected chi connectivity index (χ2v) is 10.4. The lowest BCUT2D eigenvalue weighted by Crippen LogP contribution is -2.40. The summed E-state index contributed by atoms with van der Waals surface area (Å²) in [7, 11) is 1.39. The Labute approximate surface area is 200 Å². The summed E-state index contributed by atoms with van der Waals surface area (Å²) in [6.07, 6.45) is 0.361. The summed E-state index contributed by atoms with van der Waals surface area (Å²) in [6, 6.07) is 9.05. The zero-order valence-electron chi connectivity index (χ0n) is 19.8. The van der Waals surface area contributed by atoms with Crippen LogP contribution in [0.1, 0.15) is 54.6 Å². The first-order chi connectivity index (χ1) is 16.0. The molecule has 0 aliphatic heterocycles. The minimum atomic E-state index is -1.23. The van der Waals surface area contributed by atoms with Gasteiger partial charge in [0, 0.05) is 25.2 Å². The average Bonchev–Trinajstić information content (AvgIpc) is 3.20. The number of fused-ring (bicyclic) bond motifs is 2. The molecule has 0 saturated heterocycles. The Kier molecular flexibility index (Phi) is 6.18. The molecular weight excluding hydrogens is 454 g/mol. The highest BCUT2D eigenvalue weighted by Gasteiger charge is 2.31. The smallest absolute Gasteiger partial charge is 0.340 e. The number of para-hydroxylation sites is 1. The Hall–Kier alpha value is -3.30. The van der Waals surface area contributed by atoms with Crippen LogP contribution in [0, 0.1) is 5.41 Å². The Bertz CT molecular complexity index is 1520. The van der Waals surface area contributed by atoms with Crippen LogP contribution >= 0.6 is 11.3 Å². The minimum absolute atomic E-state index is 0.00139. The topological polar surface area (TPSA) is 103 Å². The second-order valence-electron chi connectivity index (χ2n) is 9.36. The van der Waals surface area contributed by atoms with Gasteiger partial charge in [0.2, 0.25) is 0 Å². The molecule has 0 spiro atoms. The van der Waals surface area contributed by atoms with Crippen LogP contribution in [-0.2, 0) is 18.3 Å². The van der Waals surface area contributed by atoms with Crippen molar-refractivity contribution in [2.75, 3.05) is 6.61 Å². The molecule has 178 valence electrons. The third kappa shape index (κ3) is 4.05. The van der Waals surface area contributed by atoms with Crippen molar-refractivity contribution in [3.8, 4) is 0 Å². The number of hydrogen-bond acceptors (Lipinski definition) is 7. The van der Waals surface area contributed by atoms with E-state index >= 15 is 0 Å². The number of carbonyl (C=O) groups excluding carboxylic acids is 1. The Morgan fingerprint density at radius 1 is 1.21 bits per heavy atom. The van der Waals surface area contributed by atoms with E-state index < -0.39 is 23.3 Å². The summed E-state index contributed by atoms with van der Waals surface area (Å²) in [5.41, 5.74) is -0.106. The number of nitrogens with zero attached hydrogens (tertiary/aromatic N) is 3. The van der Waals surface area contributed by atoms with E-state index in [1.807, 2.05) is 45.0 Å². The molecule has 9 heteroatoms. The molecule has 0 aliphatic rings. The molecule has 4 aromatic rings. The third-order valence-corrected chi connectivity index (χ3v) is 6.80. The van der Waals surface area contributed by atoms with Crippen LogP contribution in [0.25, 0.3) is 21.1 Å². The molecule has 1 aromatic carbocycles. The van der Waals surface area contributed by atoms with E-state index in [2.05, 4.69) is 4.98 Å². The first-order valence-corrected chi connectivity index (χ1v) is 11.8. The number of hydrogen-bond donors (Lipinski definition) is 1. The quantitative estimate of drug-likeness (QED) is 0.437. The normalized spacial score (nSPS) is 12.9. The van der Waals surface area contributed by atoms with Crippen LogP contribution in [0.2, 0.25) is 0 Å². The molecule has 0 amide bonds. The van der Waals surface area contributed by atoms with Crippen molar-refractivity contribution in [2.45, 2.75) is 40.3 Å². The van der Waals surface area contributed by atoms with Gasteiger partial charge in [-0.1, -0.05) is 39.0 Å². The summed E-state index contributed by atoms with van der Waals surface area (Å²) in [4.78, 5) is 44.4. The number of benzene rings is 1. The molecule has 34 heavy (non-hydrogen) atoms. The molecule has 8 nitrogen and oxygen atoms in total. The fraction of sp³-hybridized carbons (Fsp3) is 0.360. The fourth-order valence-corrected chi connectivity index (χ4v) is 5.34. The molecular formula is C25H27N3O5S. The lowest BCUT2D eigenvalue weighted by molar-refractivity contribution is 0.0524. The number of carbonyl (C=O) groups is 1. The number of aliphatic hydroxyl groups excluding tert-OH is 1. The number of thiophene rings is 1. The molecule has 1 unspecified atom stereocenters. The maximum Gasteiger partial charge on any atom is 0.340 e. The highest BCUT2D eigenvalue weighted by Crippen LogP contribution is 2.39. The monoisotopic (exact) mass is 481 g/mol. The van der Waals surface area contributed by atoms with E-state index in [4.69, 9.17) is 4.74 Å². The van der Waals surface area contributed by atoms with E-state index in [1.165, 1.54) is 11.6 Å². The molecule has 1 atom stereocenters. The van der Waals surface area contributed by atoms with E-state index in [9.17, 15) is 19.5 Å². The summed E-state index contributed by atoms with van der Waals surface area (Å²) in [5.74, 6) is -0.709. The van der Waals surface area contributed by atoms with Crippen LogP contribution in [0.4, 0.5) is 0 Å². The summed E-state index contributed by atoms with van der Waals surface area (Å²) < 4.78 is 7.79. The summed E-state index contributed by atoms with van der Waals surface area (Å²) >= 11 is 1.07. The van der Waals surface area contributed by atoms with Gasteiger partial charge in [-0.3, -0.25) is 18.9 Å².